The predicted molar refractivity (Wildman–Crippen MR) is 107 cm³/mol. The maximum atomic E-state index is 12.4. The van der Waals surface area contributed by atoms with Gasteiger partial charge in [-0.25, -0.2) is 4.79 Å². The Morgan fingerprint density at radius 1 is 1.15 bits per heavy atom. The maximum absolute atomic E-state index is 12.4. The number of halogens is 1. The number of rotatable bonds is 11. The van der Waals surface area contributed by atoms with Crippen LogP contribution in [0.15, 0.2) is 34.8 Å². The third-order valence-corrected chi connectivity index (χ3v) is 4.24. The molecule has 1 aromatic rings. The average molecular weight is 440 g/mol. The average Bonchev–Trinajstić information content (AvgIpc) is 2.66. The molecule has 7 heteroatoms. The molecule has 1 N–H and O–H groups in total. The lowest BCUT2D eigenvalue weighted by Gasteiger charge is -2.14. The van der Waals surface area contributed by atoms with E-state index >= 15 is 0 Å². The van der Waals surface area contributed by atoms with Gasteiger partial charge in [0.25, 0.3) is 0 Å². The van der Waals surface area contributed by atoms with Crippen molar-refractivity contribution in [1.82, 2.24) is 5.32 Å². The second-order valence-electron chi connectivity index (χ2n) is 5.77. The molecule has 0 radical (unpaired) electrons. The van der Waals surface area contributed by atoms with Gasteiger partial charge in [-0.05, 0) is 60.0 Å². The number of carbonyl (C=O) groups excluding carboxylic acids is 3. The minimum Gasteiger partial charge on any atom is -0.494 e. The highest BCUT2D eigenvalue weighted by Gasteiger charge is 2.20. The number of ketones is 1. The van der Waals surface area contributed by atoms with Gasteiger partial charge in [-0.2, -0.15) is 0 Å². The van der Waals surface area contributed by atoms with Gasteiger partial charge >= 0.3 is 5.97 Å². The monoisotopic (exact) mass is 439 g/mol. The van der Waals surface area contributed by atoms with Crippen molar-refractivity contribution in [2.45, 2.75) is 46.1 Å². The summed E-state index contributed by atoms with van der Waals surface area (Å²) in [6.07, 6.45) is 3.53. The van der Waals surface area contributed by atoms with Crippen molar-refractivity contribution in [3.05, 3.63) is 40.4 Å². The van der Waals surface area contributed by atoms with E-state index in [2.05, 4.69) is 28.2 Å². The quantitative estimate of drug-likeness (QED) is 0.245. The van der Waals surface area contributed by atoms with Crippen LogP contribution in [0.1, 0.15) is 50.4 Å². The zero-order chi connectivity index (χ0) is 20.2. The summed E-state index contributed by atoms with van der Waals surface area (Å²) in [6, 6.07) is 5.98. The molecule has 0 heterocycles. The van der Waals surface area contributed by atoms with Crippen molar-refractivity contribution in [3.63, 3.8) is 0 Å². The number of Topliss-reactive ketones (excluding diaryl/α,β-unsaturated/α-hetero) is 1. The lowest BCUT2D eigenvalue weighted by Crippen LogP contribution is -2.40. The molecule has 0 saturated carbocycles. The molecular weight excluding hydrogens is 414 g/mol. The number of allylic oxidation sites excluding steroid dienone is 1. The van der Waals surface area contributed by atoms with Gasteiger partial charge in [0.1, 0.15) is 11.8 Å². The van der Waals surface area contributed by atoms with Gasteiger partial charge in [-0.1, -0.05) is 20.3 Å². The molecule has 0 bridgehead atoms. The van der Waals surface area contributed by atoms with E-state index in [1.54, 1.807) is 38.1 Å². The van der Waals surface area contributed by atoms with Crippen LogP contribution in [-0.4, -0.2) is 36.9 Å². The minimum atomic E-state index is -0.747. The van der Waals surface area contributed by atoms with Crippen molar-refractivity contribution in [2.24, 2.45) is 0 Å². The van der Waals surface area contributed by atoms with Crippen LogP contribution in [-0.2, 0) is 14.3 Å². The molecular formula is C20H26BrNO5. The second kappa shape index (κ2) is 12.3. The van der Waals surface area contributed by atoms with Crippen LogP contribution in [0.2, 0.25) is 0 Å². The third kappa shape index (κ3) is 7.95. The van der Waals surface area contributed by atoms with E-state index in [9.17, 15) is 14.4 Å². The summed E-state index contributed by atoms with van der Waals surface area (Å²) in [5, 5.41) is 2.53. The number of amides is 1. The molecule has 6 nitrogen and oxygen atoms in total. The molecule has 0 spiro atoms. The summed E-state index contributed by atoms with van der Waals surface area (Å²) in [6.45, 7) is 6.41. The summed E-state index contributed by atoms with van der Waals surface area (Å²) in [7, 11) is 0. The standard InChI is InChI=1S/C20H26BrNO5/c1-4-7-12-27-15-10-8-14(9-11-15)19(24)16(21)13-18(23)22-17(5-2)20(25)26-6-3/h8-11,13,17H,4-7,12H2,1-3H3,(H,22,23)/b16-13-. The molecule has 1 atom stereocenters. The molecule has 0 aromatic heterocycles. The largest absolute Gasteiger partial charge is 0.494 e. The van der Waals surface area contributed by atoms with Gasteiger partial charge in [-0.15, -0.1) is 0 Å². The van der Waals surface area contributed by atoms with Crippen LogP contribution in [0, 0.1) is 0 Å². The number of nitrogens with one attached hydrogen (secondary N) is 1. The Morgan fingerprint density at radius 2 is 1.81 bits per heavy atom. The lowest BCUT2D eigenvalue weighted by atomic mass is 10.1. The zero-order valence-corrected chi connectivity index (χ0v) is 17.5. The third-order valence-electron chi connectivity index (χ3n) is 3.65. The van der Waals surface area contributed by atoms with Crippen molar-refractivity contribution in [3.8, 4) is 5.75 Å². The molecule has 1 rings (SSSR count). The Kier molecular flexibility index (Phi) is 10.4. The molecule has 1 amide bonds. The van der Waals surface area contributed by atoms with E-state index in [-0.39, 0.29) is 16.9 Å². The fraction of sp³-hybridized carbons (Fsp3) is 0.450. The van der Waals surface area contributed by atoms with Crippen molar-refractivity contribution in [2.75, 3.05) is 13.2 Å². The van der Waals surface area contributed by atoms with Crippen LogP contribution in [0.5, 0.6) is 5.75 Å². The lowest BCUT2D eigenvalue weighted by molar-refractivity contribution is -0.147. The number of unbranched alkanes of at least 4 members (excludes halogenated alkanes) is 1. The molecule has 0 saturated heterocycles. The number of carbonyl (C=O) groups is 3. The van der Waals surface area contributed by atoms with Gasteiger partial charge in [-0.3, -0.25) is 9.59 Å². The molecule has 0 aliphatic rings. The maximum Gasteiger partial charge on any atom is 0.328 e. The fourth-order valence-corrected chi connectivity index (χ4v) is 2.58. The molecule has 148 valence electrons. The highest BCUT2D eigenvalue weighted by molar-refractivity contribution is 9.12. The molecule has 0 aliphatic heterocycles. The molecule has 27 heavy (non-hydrogen) atoms. The summed E-state index contributed by atoms with van der Waals surface area (Å²) in [4.78, 5) is 36.2. The van der Waals surface area contributed by atoms with Crippen LogP contribution in [0.4, 0.5) is 0 Å². The van der Waals surface area contributed by atoms with E-state index in [4.69, 9.17) is 9.47 Å². The summed E-state index contributed by atoms with van der Waals surface area (Å²) >= 11 is 3.13. The Balaban J connectivity index is 2.70. The number of ether oxygens (including phenoxy) is 2. The first kappa shape index (κ1) is 22.9. The summed E-state index contributed by atoms with van der Waals surface area (Å²) in [5.41, 5.74) is 0.422. The van der Waals surface area contributed by atoms with E-state index in [0.29, 0.717) is 24.3 Å². The van der Waals surface area contributed by atoms with E-state index in [1.165, 1.54) is 0 Å². The first-order valence-corrected chi connectivity index (χ1v) is 9.84. The Labute approximate surface area is 168 Å². The first-order chi connectivity index (χ1) is 12.9. The van der Waals surface area contributed by atoms with Gasteiger partial charge in [0.15, 0.2) is 5.78 Å². The summed E-state index contributed by atoms with van der Waals surface area (Å²) in [5.74, 6) is -0.690. The van der Waals surface area contributed by atoms with E-state index in [0.717, 1.165) is 18.9 Å². The smallest absolute Gasteiger partial charge is 0.328 e. The molecule has 0 fully saturated rings. The van der Waals surface area contributed by atoms with E-state index in [1.807, 2.05) is 0 Å². The van der Waals surface area contributed by atoms with E-state index < -0.39 is 17.9 Å². The molecule has 0 aliphatic carbocycles. The van der Waals surface area contributed by atoms with Gasteiger partial charge < -0.3 is 14.8 Å². The zero-order valence-electron chi connectivity index (χ0n) is 15.9. The normalized spacial score (nSPS) is 12.2. The highest BCUT2D eigenvalue weighted by Crippen LogP contribution is 2.18. The first-order valence-electron chi connectivity index (χ1n) is 9.04. The number of benzene rings is 1. The number of hydrogen-bond acceptors (Lipinski definition) is 5. The van der Waals surface area contributed by atoms with Gasteiger partial charge in [0.2, 0.25) is 5.91 Å². The molecule has 1 unspecified atom stereocenters. The SMILES string of the molecule is CCCCOc1ccc(C(=O)/C(Br)=C/C(=O)NC(CC)C(=O)OCC)cc1. The molecule has 1 aromatic carbocycles. The number of hydrogen-bond donors (Lipinski definition) is 1. The fourth-order valence-electron chi connectivity index (χ4n) is 2.14. The van der Waals surface area contributed by atoms with Crippen molar-refractivity contribution in [1.29, 1.82) is 0 Å². The van der Waals surface area contributed by atoms with Crippen LogP contribution >= 0.6 is 15.9 Å². The van der Waals surface area contributed by atoms with Gasteiger partial charge in [0.05, 0.1) is 17.7 Å². The highest BCUT2D eigenvalue weighted by atomic mass is 79.9. The summed E-state index contributed by atoms with van der Waals surface area (Å²) < 4.78 is 10.6. The van der Waals surface area contributed by atoms with Crippen LogP contribution in [0.25, 0.3) is 0 Å². The van der Waals surface area contributed by atoms with Gasteiger partial charge in [0, 0.05) is 11.6 Å². The predicted octanol–water partition coefficient (Wildman–Crippen LogP) is 3.78. The second-order valence-corrected chi connectivity index (χ2v) is 6.62. The van der Waals surface area contributed by atoms with Crippen molar-refractivity contribution >= 4 is 33.6 Å². The van der Waals surface area contributed by atoms with Crippen LogP contribution in [0.3, 0.4) is 0 Å². The topological polar surface area (TPSA) is 81.7 Å². The van der Waals surface area contributed by atoms with Crippen LogP contribution < -0.4 is 10.1 Å². The Hall–Kier alpha value is -2.15. The van der Waals surface area contributed by atoms with Crippen molar-refractivity contribution < 1.29 is 23.9 Å². The Bertz CT molecular complexity index is 669. The number of esters is 1. The Morgan fingerprint density at radius 3 is 2.37 bits per heavy atom. The minimum absolute atomic E-state index is 0.0957.